The fraction of sp³-hybridized carbons (Fsp3) is 0.176. The van der Waals surface area contributed by atoms with Crippen molar-refractivity contribution in [2.45, 2.75) is 25.1 Å². The fourth-order valence-electron chi connectivity index (χ4n) is 4.64. The molecule has 3 atom stereocenters. The predicted molar refractivity (Wildman–Crippen MR) is 160 cm³/mol. The first-order valence-electron chi connectivity index (χ1n) is 13.2. The highest BCUT2D eigenvalue weighted by atomic mass is 16.5. The van der Waals surface area contributed by atoms with Crippen LogP contribution >= 0.6 is 0 Å². The molecule has 0 aliphatic rings. The van der Waals surface area contributed by atoms with Crippen molar-refractivity contribution in [3.05, 3.63) is 149 Å². The van der Waals surface area contributed by atoms with Crippen LogP contribution in [0.3, 0.4) is 0 Å². The van der Waals surface area contributed by atoms with Crippen LogP contribution in [0, 0.1) is 11.3 Å². The van der Waals surface area contributed by atoms with Gasteiger partial charge >= 0.3 is 5.97 Å². The van der Waals surface area contributed by atoms with Crippen LogP contribution in [0.15, 0.2) is 115 Å². The lowest BCUT2D eigenvalue weighted by Gasteiger charge is -2.27. The number of esters is 1. The number of aliphatic hydroxyl groups is 1. The van der Waals surface area contributed by atoms with E-state index in [1.54, 1.807) is 12.1 Å². The van der Waals surface area contributed by atoms with Crippen molar-refractivity contribution < 1.29 is 14.6 Å². The lowest BCUT2D eigenvalue weighted by atomic mass is 9.90. The number of aliphatic hydroxyl groups excluding tert-OH is 1. The topological polar surface area (TPSA) is 108 Å². The second-order valence-electron chi connectivity index (χ2n) is 9.72. The lowest BCUT2D eigenvalue weighted by molar-refractivity contribution is -0.146. The molecule has 0 radical (unpaired) electrons. The van der Waals surface area contributed by atoms with Crippen molar-refractivity contribution >= 4 is 17.9 Å². The fourth-order valence-corrected chi connectivity index (χ4v) is 4.64. The Kier molecular flexibility index (Phi) is 9.99. The van der Waals surface area contributed by atoms with Gasteiger partial charge in [-0.2, -0.15) is 0 Å². The number of nitrogens with one attached hydrogen (secondary N) is 2. The van der Waals surface area contributed by atoms with E-state index in [1.807, 2.05) is 97.1 Å². The van der Waals surface area contributed by atoms with Gasteiger partial charge in [0.2, 0.25) is 0 Å². The zero-order chi connectivity index (χ0) is 28.3. The minimum atomic E-state index is -1.02. The summed E-state index contributed by atoms with van der Waals surface area (Å²) in [6, 6.07) is 34.5. The molecule has 40 heavy (non-hydrogen) atoms. The number of hydrogen-bond acceptors (Lipinski definition) is 5. The van der Waals surface area contributed by atoms with Crippen LogP contribution in [0.5, 0.6) is 0 Å². The molecule has 0 aliphatic heterocycles. The van der Waals surface area contributed by atoms with E-state index in [4.69, 9.17) is 15.9 Å². The Balaban J connectivity index is 1.58. The Morgan fingerprint density at radius 3 is 2.17 bits per heavy atom. The number of carbonyl (C=O) groups excluding carboxylic acids is 1. The van der Waals surface area contributed by atoms with Crippen molar-refractivity contribution in [2.75, 3.05) is 7.11 Å². The highest BCUT2D eigenvalue weighted by Gasteiger charge is 2.30. The second kappa shape index (κ2) is 14.0. The molecule has 6 nitrogen and oxygen atoms in total. The maximum absolute atomic E-state index is 13.1. The summed E-state index contributed by atoms with van der Waals surface area (Å²) in [6.07, 6.45) is 3.92. The van der Waals surface area contributed by atoms with Crippen LogP contribution in [-0.4, -0.2) is 30.1 Å². The van der Waals surface area contributed by atoms with Gasteiger partial charge in [-0.15, -0.1) is 0 Å². The molecule has 0 aliphatic carbocycles. The summed E-state index contributed by atoms with van der Waals surface area (Å²) < 4.78 is 5.19. The molecule has 4 aromatic carbocycles. The van der Waals surface area contributed by atoms with Crippen molar-refractivity contribution in [3.63, 3.8) is 0 Å². The summed E-state index contributed by atoms with van der Waals surface area (Å²) in [5.74, 6) is -1.10. The molecule has 204 valence electrons. The van der Waals surface area contributed by atoms with Crippen molar-refractivity contribution in [1.29, 1.82) is 5.41 Å². The molecule has 0 fully saturated rings. The molecular formula is C34H35N3O3. The van der Waals surface area contributed by atoms with Gasteiger partial charge in [0.05, 0.1) is 13.0 Å². The maximum atomic E-state index is 13.1. The van der Waals surface area contributed by atoms with E-state index in [2.05, 4.69) is 17.4 Å². The smallest absolute Gasteiger partial charge is 0.310 e. The molecule has 5 N–H and O–H groups in total. The van der Waals surface area contributed by atoms with E-state index in [0.29, 0.717) is 17.5 Å². The lowest BCUT2D eigenvalue weighted by Crippen LogP contribution is -2.42. The maximum Gasteiger partial charge on any atom is 0.310 e. The summed E-state index contributed by atoms with van der Waals surface area (Å²) in [5, 5.41) is 22.2. The van der Waals surface area contributed by atoms with Gasteiger partial charge in [0.1, 0.15) is 12.1 Å². The number of ether oxygens (including phenoxy) is 1. The SMILES string of the molecule is COC(=O)C(Cc1cccc(C(=N)N)c1)C(C=Cc1ccccc1)NC(O)c1ccc(Cc2ccccc2)cc1. The summed E-state index contributed by atoms with van der Waals surface area (Å²) in [5.41, 5.74) is 11.1. The van der Waals surface area contributed by atoms with E-state index in [-0.39, 0.29) is 5.84 Å². The third-order valence-corrected chi connectivity index (χ3v) is 6.82. The monoisotopic (exact) mass is 533 g/mol. The number of benzene rings is 4. The molecule has 3 unspecified atom stereocenters. The molecule has 0 saturated carbocycles. The van der Waals surface area contributed by atoms with Crippen molar-refractivity contribution in [1.82, 2.24) is 5.32 Å². The summed E-state index contributed by atoms with van der Waals surface area (Å²) in [7, 11) is 1.36. The normalized spacial score (nSPS) is 13.4. The third-order valence-electron chi connectivity index (χ3n) is 6.82. The quantitative estimate of drug-likeness (QED) is 0.0860. The first kappa shape index (κ1) is 28.5. The van der Waals surface area contributed by atoms with Gasteiger partial charge in [0, 0.05) is 11.6 Å². The van der Waals surface area contributed by atoms with Crippen molar-refractivity contribution in [2.24, 2.45) is 11.7 Å². The third kappa shape index (κ3) is 7.99. The van der Waals surface area contributed by atoms with Gasteiger partial charge in [0.15, 0.2) is 0 Å². The number of nitrogen functional groups attached to an aromatic ring is 1. The Hall–Kier alpha value is -4.52. The predicted octanol–water partition coefficient (Wildman–Crippen LogP) is 5.26. The van der Waals surface area contributed by atoms with E-state index in [1.165, 1.54) is 12.7 Å². The van der Waals surface area contributed by atoms with E-state index in [0.717, 1.165) is 23.1 Å². The molecule has 0 amide bonds. The average molecular weight is 534 g/mol. The average Bonchev–Trinajstić information content (AvgIpc) is 2.99. The van der Waals surface area contributed by atoms with Gasteiger partial charge in [0.25, 0.3) is 0 Å². The number of nitrogens with two attached hydrogens (primary N) is 1. The van der Waals surface area contributed by atoms with Crippen LogP contribution in [0.1, 0.15) is 39.6 Å². The van der Waals surface area contributed by atoms with E-state index < -0.39 is 24.2 Å². The van der Waals surface area contributed by atoms with Crippen LogP contribution < -0.4 is 11.1 Å². The molecule has 0 spiro atoms. The molecule has 4 rings (SSSR count). The minimum absolute atomic E-state index is 0.0405. The zero-order valence-corrected chi connectivity index (χ0v) is 22.5. The first-order valence-corrected chi connectivity index (χ1v) is 13.2. The Morgan fingerprint density at radius 2 is 1.52 bits per heavy atom. The van der Waals surface area contributed by atoms with Gasteiger partial charge < -0.3 is 15.6 Å². The highest BCUT2D eigenvalue weighted by molar-refractivity contribution is 5.95. The summed E-state index contributed by atoms with van der Waals surface area (Å²) in [4.78, 5) is 13.1. The Labute approximate surface area is 235 Å². The van der Waals surface area contributed by atoms with Gasteiger partial charge in [-0.25, -0.2) is 0 Å². The van der Waals surface area contributed by atoms with Crippen LogP contribution in [0.4, 0.5) is 0 Å². The first-order chi connectivity index (χ1) is 19.4. The Bertz CT molecular complexity index is 1420. The molecule has 0 aromatic heterocycles. The largest absolute Gasteiger partial charge is 0.469 e. The number of carbonyl (C=O) groups is 1. The van der Waals surface area contributed by atoms with Gasteiger partial charge in [-0.1, -0.05) is 115 Å². The van der Waals surface area contributed by atoms with Crippen molar-refractivity contribution in [3.8, 4) is 0 Å². The highest BCUT2D eigenvalue weighted by Crippen LogP contribution is 2.22. The number of rotatable bonds is 12. The van der Waals surface area contributed by atoms with E-state index >= 15 is 0 Å². The standard InChI is InChI=1S/C34H35N3O3/c1-40-34(39)30(23-27-13-8-14-29(22-27)32(35)36)31(20-17-24-9-4-2-5-10-24)37-33(38)28-18-15-26(16-19-28)21-25-11-6-3-7-12-25/h2-20,22,30-31,33,37-38H,21,23H2,1H3,(H3,35,36). The second-order valence-corrected chi connectivity index (χ2v) is 9.72. The Morgan fingerprint density at radius 1 is 0.900 bits per heavy atom. The molecule has 4 aromatic rings. The van der Waals surface area contributed by atoms with Crippen LogP contribution in [0.25, 0.3) is 6.08 Å². The minimum Gasteiger partial charge on any atom is -0.469 e. The number of hydrogen-bond donors (Lipinski definition) is 4. The van der Waals surface area contributed by atoms with E-state index in [9.17, 15) is 9.90 Å². The summed E-state index contributed by atoms with van der Waals surface area (Å²) >= 11 is 0. The van der Waals surface area contributed by atoms with Crippen LogP contribution in [-0.2, 0) is 22.4 Å². The molecule has 0 bridgehead atoms. The van der Waals surface area contributed by atoms with Gasteiger partial charge in [-0.3, -0.25) is 15.5 Å². The number of amidine groups is 1. The number of methoxy groups -OCH3 is 1. The molecule has 0 heterocycles. The molecule has 0 saturated heterocycles. The zero-order valence-electron chi connectivity index (χ0n) is 22.5. The summed E-state index contributed by atoms with van der Waals surface area (Å²) in [6.45, 7) is 0. The van der Waals surface area contributed by atoms with Crippen LogP contribution in [0.2, 0.25) is 0 Å². The molecular weight excluding hydrogens is 498 g/mol. The molecule has 6 heteroatoms. The van der Waals surface area contributed by atoms with Gasteiger partial charge in [-0.05, 0) is 46.7 Å².